The first-order chi connectivity index (χ1) is 11.1. The summed E-state index contributed by atoms with van der Waals surface area (Å²) in [5.41, 5.74) is 2.78. The number of aryl methyl sites for hydroxylation is 1. The SMILES string of the molecule is Cc1cc(C[C@@H]2CN(C(=O)c3cc(C4CC4)no3)C[C@H]2O)n[nH]1. The van der Waals surface area contributed by atoms with Crippen LogP contribution in [0.25, 0.3) is 0 Å². The normalized spacial score (nSPS) is 24.3. The third-order valence-electron chi connectivity index (χ3n) is 4.66. The summed E-state index contributed by atoms with van der Waals surface area (Å²) in [6.07, 6.45) is 2.35. The largest absolute Gasteiger partial charge is 0.391 e. The Morgan fingerprint density at radius 3 is 2.96 bits per heavy atom. The molecule has 1 saturated carbocycles. The number of aliphatic hydroxyl groups excluding tert-OH is 1. The fourth-order valence-electron chi connectivity index (χ4n) is 3.19. The standard InChI is InChI=1S/C16H20N4O3/c1-9-4-12(18-17-9)5-11-7-20(8-14(11)21)16(22)15-6-13(19-23-15)10-2-3-10/h4,6,10-11,14,21H,2-3,5,7-8H2,1H3,(H,17,18)/t11-,14-/m1/s1. The van der Waals surface area contributed by atoms with Crippen LogP contribution in [0.5, 0.6) is 0 Å². The molecule has 1 amide bonds. The summed E-state index contributed by atoms with van der Waals surface area (Å²) in [6, 6.07) is 3.71. The number of aliphatic hydroxyl groups is 1. The van der Waals surface area contributed by atoms with Crippen LogP contribution in [0.2, 0.25) is 0 Å². The monoisotopic (exact) mass is 316 g/mol. The molecule has 3 heterocycles. The summed E-state index contributed by atoms with van der Waals surface area (Å²) in [7, 11) is 0. The summed E-state index contributed by atoms with van der Waals surface area (Å²) in [5, 5.41) is 21.3. The number of carbonyl (C=O) groups excluding carboxylic acids is 1. The Balaban J connectivity index is 1.42. The van der Waals surface area contributed by atoms with Gasteiger partial charge in [-0.15, -0.1) is 0 Å². The summed E-state index contributed by atoms with van der Waals surface area (Å²) in [5.74, 6) is 0.534. The molecule has 7 heteroatoms. The molecular formula is C16H20N4O3. The van der Waals surface area contributed by atoms with Crippen molar-refractivity contribution in [3.05, 3.63) is 35.0 Å². The Labute approximate surface area is 133 Å². The third-order valence-corrected chi connectivity index (χ3v) is 4.66. The number of rotatable bonds is 4. The zero-order valence-corrected chi connectivity index (χ0v) is 13.0. The van der Waals surface area contributed by atoms with Crippen LogP contribution in [0.15, 0.2) is 16.7 Å². The number of carbonyl (C=O) groups is 1. The fraction of sp³-hybridized carbons (Fsp3) is 0.562. The van der Waals surface area contributed by atoms with Gasteiger partial charge in [0.25, 0.3) is 5.91 Å². The topological polar surface area (TPSA) is 95.2 Å². The van der Waals surface area contributed by atoms with Gasteiger partial charge in [0, 0.05) is 36.7 Å². The van der Waals surface area contributed by atoms with Crippen LogP contribution < -0.4 is 0 Å². The molecule has 1 aliphatic heterocycles. The van der Waals surface area contributed by atoms with E-state index < -0.39 is 6.10 Å². The highest BCUT2D eigenvalue weighted by molar-refractivity contribution is 5.91. The van der Waals surface area contributed by atoms with Gasteiger partial charge in [-0.1, -0.05) is 5.16 Å². The number of hydrogen-bond acceptors (Lipinski definition) is 5. The summed E-state index contributed by atoms with van der Waals surface area (Å²) >= 11 is 0. The van der Waals surface area contributed by atoms with E-state index in [4.69, 9.17) is 4.52 Å². The van der Waals surface area contributed by atoms with Crippen LogP contribution in [0, 0.1) is 12.8 Å². The van der Waals surface area contributed by atoms with Gasteiger partial charge in [-0.25, -0.2) is 0 Å². The fourth-order valence-corrected chi connectivity index (χ4v) is 3.19. The number of amides is 1. The van der Waals surface area contributed by atoms with Crippen molar-refractivity contribution in [1.29, 1.82) is 0 Å². The molecule has 2 atom stereocenters. The Hall–Kier alpha value is -2.15. The smallest absolute Gasteiger partial charge is 0.292 e. The van der Waals surface area contributed by atoms with Gasteiger partial charge >= 0.3 is 0 Å². The molecule has 0 aromatic carbocycles. The van der Waals surface area contributed by atoms with Crippen molar-refractivity contribution >= 4 is 5.91 Å². The molecule has 4 rings (SSSR count). The van der Waals surface area contributed by atoms with Gasteiger partial charge in [-0.3, -0.25) is 9.89 Å². The lowest BCUT2D eigenvalue weighted by atomic mass is 10.0. The Morgan fingerprint density at radius 1 is 1.43 bits per heavy atom. The summed E-state index contributed by atoms with van der Waals surface area (Å²) in [4.78, 5) is 14.2. The lowest BCUT2D eigenvalue weighted by molar-refractivity contribution is 0.0724. The molecule has 2 aromatic heterocycles. The molecule has 1 aliphatic carbocycles. The van der Waals surface area contributed by atoms with Crippen LogP contribution in [0.4, 0.5) is 0 Å². The molecule has 122 valence electrons. The molecule has 23 heavy (non-hydrogen) atoms. The summed E-state index contributed by atoms with van der Waals surface area (Å²) < 4.78 is 5.19. The number of nitrogens with one attached hydrogen (secondary N) is 1. The molecule has 0 bridgehead atoms. The van der Waals surface area contributed by atoms with Crippen molar-refractivity contribution in [2.45, 2.75) is 38.2 Å². The van der Waals surface area contributed by atoms with Gasteiger partial charge < -0.3 is 14.5 Å². The predicted octanol–water partition coefficient (Wildman–Crippen LogP) is 1.26. The maximum atomic E-state index is 12.5. The van der Waals surface area contributed by atoms with Crippen LogP contribution in [-0.4, -0.2) is 50.5 Å². The molecule has 2 fully saturated rings. The molecule has 7 nitrogen and oxygen atoms in total. The van der Waals surface area contributed by atoms with E-state index in [2.05, 4.69) is 15.4 Å². The molecular weight excluding hydrogens is 296 g/mol. The second-order valence-corrected chi connectivity index (χ2v) is 6.67. The van der Waals surface area contributed by atoms with Crippen molar-refractivity contribution in [2.75, 3.05) is 13.1 Å². The molecule has 1 saturated heterocycles. The van der Waals surface area contributed by atoms with E-state index in [0.717, 1.165) is 29.9 Å². The predicted molar refractivity (Wildman–Crippen MR) is 80.9 cm³/mol. The van der Waals surface area contributed by atoms with Gasteiger partial charge in [-0.2, -0.15) is 5.10 Å². The van der Waals surface area contributed by atoms with E-state index >= 15 is 0 Å². The molecule has 2 aliphatic rings. The van der Waals surface area contributed by atoms with Crippen molar-refractivity contribution in [3.8, 4) is 0 Å². The lowest BCUT2D eigenvalue weighted by Gasteiger charge is -2.13. The molecule has 2 aromatic rings. The van der Waals surface area contributed by atoms with Gasteiger partial charge in [0.05, 0.1) is 17.5 Å². The van der Waals surface area contributed by atoms with Crippen LogP contribution in [-0.2, 0) is 6.42 Å². The molecule has 2 N–H and O–H groups in total. The van der Waals surface area contributed by atoms with Crippen LogP contribution in [0.3, 0.4) is 0 Å². The first kappa shape index (κ1) is 14.4. The minimum atomic E-state index is -0.540. The Kier molecular flexibility index (Phi) is 3.45. The average molecular weight is 316 g/mol. The molecule has 0 spiro atoms. The quantitative estimate of drug-likeness (QED) is 0.885. The van der Waals surface area contributed by atoms with Crippen molar-refractivity contribution in [3.63, 3.8) is 0 Å². The number of aromatic amines is 1. The maximum absolute atomic E-state index is 12.5. The van der Waals surface area contributed by atoms with Crippen molar-refractivity contribution < 1.29 is 14.4 Å². The van der Waals surface area contributed by atoms with E-state index in [1.807, 2.05) is 13.0 Å². The zero-order valence-electron chi connectivity index (χ0n) is 13.0. The number of β-amino-alcohol motifs (C(OH)–C–C–N with tert-alkyl or cyclic N) is 1. The van der Waals surface area contributed by atoms with Crippen LogP contribution >= 0.6 is 0 Å². The highest BCUT2D eigenvalue weighted by Gasteiger charge is 2.36. The van der Waals surface area contributed by atoms with E-state index in [9.17, 15) is 9.90 Å². The minimum absolute atomic E-state index is 0.00697. The third kappa shape index (κ3) is 2.88. The Morgan fingerprint density at radius 2 is 2.26 bits per heavy atom. The van der Waals surface area contributed by atoms with Crippen molar-refractivity contribution in [2.24, 2.45) is 5.92 Å². The first-order valence-corrected chi connectivity index (χ1v) is 8.05. The zero-order chi connectivity index (χ0) is 16.0. The van der Waals surface area contributed by atoms with Gasteiger partial charge in [0.2, 0.25) is 5.76 Å². The summed E-state index contributed by atoms with van der Waals surface area (Å²) in [6.45, 7) is 2.77. The maximum Gasteiger partial charge on any atom is 0.292 e. The van der Waals surface area contributed by atoms with E-state index in [-0.39, 0.29) is 17.6 Å². The van der Waals surface area contributed by atoms with Gasteiger partial charge in [-0.05, 0) is 32.3 Å². The Bertz CT molecular complexity index is 718. The number of aromatic nitrogens is 3. The number of nitrogens with zero attached hydrogens (tertiary/aromatic N) is 3. The molecule has 0 unspecified atom stereocenters. The van der Waals surface area contributed by atoms with Gasteiger partial charge in [0.15, 0.2) is 0 Å². The lowest BCUT2D eigenvalue weighted by Crippen LogP contribution is -2.29. The van der Waals surface area contributed by atoms with E-state index in [1.54, 1.807) is 11.0 Å². The molecule has 0 radical (unpaired) electrons. The highest BCUT2D eigenvalue weighted by Crippen LogP contribution is 2.39. The first-order valence-electron chi connectivity index (χ1n) is 8.05. The van der Waals surface area contributed by atoms with E-state index in [1.165, 1.54) is 0 Å². The van der Waals surface area contributed by atoms with Crippen LogP contribution in [0.1, 0.15) is 46.4 Å². The highest BCUT2D eigenvalue weighted by atomic mass is 16.5. The van der Waals surface area contributed by atoms with Crippen molar-refractivity contribution in [1.82, 2.24) is 20.3 Å². The average Bonchev–Trinajstić information content (AvgIpc) is 2.94. The second-order valence-electron chi connectivity index (χ2n) is 6.67. The minimum Gasteiger partial charge on any atom is -0.391 e. The number of likely N-dealkylation sites (tertiary alicyclic amines) is 1. The van der Waals surface area contributed by atoms with E-state index in [0.29, 0.717) is 25.4 Å². The van der Waals surface area contributed by atoms with Gasteiger partial charge in [0.1, 0.15) is 0 Å². The number of H-pyrrole nitrogens is 1. The number of hydrogen-bond donors (Lipinski definition) is 2. The second kappa shape index (κ2) is 5.49.